The number of hydrogen-bond donors (Lipinski definition) is 4. The monoisotopic (exact) mass is 272 g/mol. The fraction of sp³-hybridized carbons (Fsp3) is 0.300. The van der Waals surface area contributed by atoms with E-state index in [0.29, 0.717) is 0 Å². The van der Waals surface area contributed by atoms with Gasteiger partial charge in [0.2, 0.25) is 0 Å². The van der Waals surface area contributed by atoms with E-state index in [0.717, 1.165) is 0 Å². The van der Waals surface area contributed by atoms with Crippen molar-refractivity contribution in [2.45, 2.75) is 18.4 Å². The minimum Gasteiger partial charge on any atom is -0.481 e. The van der Waals surface area contributed by atoms with E-state index in [-0.39, 0.29) is 0 Å². The topological polar surface area (TPSA) is 158 Å². The van der Waals surface area contributed by atoms with Gasteiger partial charge in [0.15, 0.2) is 5.60 Å². The Balaban J connectivity index is 0.000000443. The van der Waals surface area contributed by atoms with E-state index in [9.17, 15) is 14.4 Å². The van der Waals surface area contributed by atoms with Gasteiger partial charge in [-0.2, -0.15) is 0 Å². The SMILES string of the molecule is O=C(O)CC(O)(CC(=O)O)C(=O)O.c1cncnc1. The molecule has 19 heavy (non-hydrogen) atoms. The number of nitrogens with zero attached hydrogens (tertiary/aromatic N) is 2. The highest BCUT2D eigenvalue weighted by Gasteiger charge is 2.40. The van der Waals surface area contributed by atoms with E-state index in [2.05, 4.69) is 9.97 Å². The summed E-state index contributed by atoms with van der Waals surface area (Å²) in [6, 6.07) is 1.78. The molecule has 0 aliphatic heterocycles. The largest absolute Gasteiger partial charge is 0.481 e. The second kappa shape index (κ2) is 7.71. The Morgan fingerprint density at radius 1 is 0.947 bits per heavy atom. The molecule has 0 aromatic carbocycles. The molecule has 1 aromatic heterocycles. The zero-order chi connectivity index (χ0) is 14.9. The number of carboxylic acids is 3. The molecule has 0 radical (unpaired) electrons. The lowest BCUT2D eigenvalue weighted by molar-refractivity contribution is -0.170. The molecule has 0 unspecified atom stereocenters. The van der Waals surface area contributed by atoms with Crippen LogP contribution < -0.4 is 0 Å². The first-order chi connectivity index (χ1) is 8.78. The van der Waals surface area contributed by atoms with Crippen LogP contribution in [-0.2, 0) is 14.4 Å². The summed E-state index contributed by atoms with van der Waals surface area (Å²) >= 11 is 0. The molecule has 1 heterocycles. The molecule has 9 heteroatoms. The van der Waals surface area contributed by atoms with Crippen molar-refractivity contribution in [3.05, 3.63) is 24.8 Å². The quantitative estimate of drug-likeness (QED) is 0.539. The van der Waals surface area contributed by atoms with Gasteiger partial charge in [0.1, 0.15) is 6.33 Å². The predicted octanol–water partition coefficient (Wildman–Crippen LogP) is -0.772. The fourth-order valence-corrected chi connectivity index (χ4v) is 0.967. The number of aliphatic hydroxyl groups is 1. The molecule has 0 spiro atoms. The summed E-state index contributed by atoms with van der Waals surface area (Å²) < 4.78 is 0. The molecular formula is C10H12N2O7. The molecule has 0 aliphatic rings. The normalized spacial score (nSPS) is 9.95. The Hall–Kier alpha value is -2.55. The molecule has 0 bridgehead atoms. The Morgan fingerprint density at radius 2 is 1.37 bits per heavy atom. The maximum absolute atomic E-state index is 10.3. The van der Waals surface area contributed by atoms with Crippen molar-refractivity contribution in [3.8, 4) is 0 Å². The van der Waals surface area contributed by atoms with Gasteiger partial charge in [0, 0.05) is 12.4 Å². The van der Waals surface area contributed by atoms with E-state index in [1.807, 2.05) is 0 Å². The van der Waals surface area contributed by atoms with E-state index in [1.54, 1.807) is 18.5 Å². The average Bonchev–Trinajstić information content (AvgIpc) is 2.29. The zero-order valence-electron chi connectivity index (χ0n) is 9.63. The van der Waals surface area contributed by atoms with Crippen LogP contribution in [0.25, 0.3) is 0 Å². The first kappa shape index (κ1) is 16.4. The third kappa shape index (κ3) is 7.39. The molecule has 0 saturated heterocycles. The first-order valence-electron chi connectivity index (χ1n) is 4.87. The van der Waals surface area contributed by atoms with Crippen molar-refractivity contribution in [3.63, 3.8) is 0 Å². The van der Waals surface area contributed by atoms with E-state index < -0.39 is 36.4 Å². The van der Waals surface area contributed by atoms with Crippen LogP contribution in [0.4, 0.5) is 0 Å². The molecule has 104 valence electrons. The number of carbonyl (C=O) groups is 3. The van der Waals surface area contributed by atoms with Gasteiger partial charge in [-0.05, 0) is 6.07 Å². The maximum Gasteiger partial charge on any atom is 0.336 e. The number of rotatable bonds is 5. The molecule has 0 amide bonds. The molecule has 4 N–H and O–H groups in total. The molecule has 1 aromatic rings. The average molecular weight is 272 g/mol. The van der Waals surface area contributed by atoms with Crippen molar-refractivity contribution >= 4 is 17.9 Å². The minimum absolute atomic E-state index is 1.14. The molecule has 9 nitrogen and oxygen atoms in total. The molecule has 0 saturated carbocycles. The molecule has 0 fully saturated rings. The number of hydrogen-bond acceptors (Lipinski definition) is 6. The van der Waals surface area contributed by atoms with Gasteiger partial charge in [-0.15, -0.1) is 0 Å². The lowest BCUT2D eigenvalue weighted by atomic mass is 9.96. The summed E-state index contributed by atoms with van der Waals surface area (Å²) in [5, 5.41) is 33.8. The standard InChI is InChI=1S/C6H8O7.C4H4N2/c7-3(8)1-6(13,5(11)12)2-4(9)10;1-2-5-4-6-3-1/h13H,1-2H2,(H,7,8)(H,9,10)(H,11,12);1-4H. The third-order valence-corrected chi connectivity index (χ3v) is 1.76. The van der Waals surface area contributed by atoms with Gasteiger partial charge in [-0.1, -0.05) is 0 Å². The summed E-state index contributed by atoms with van der Waals surface area (Å²) in [5.74, 6) is -5.02. The summed E-state index contributed by atoms with van der Waals surface area (Å²) in [6.45, 7) is 0. The van der Waals surface area contributed by atoms with Crippen molar-refractivity contribution in [1.82, 2.24) is 9.97 Å². The van der Waals surface area contributed by atoms with Crippen molar-refractivity contribution < 1.29 is 34.8 Å². The number of aromatic nitrogens is 2. The minimum atomic E-state index is -2.74. The Kier molecular flexibility index (Phi) is 6.68. The van der Waals surface area contributed by atoms with Gasteiger partial charge in [-0.25, -0.2) is 14.8 Å². The summed E-state index contributed by atoms with van der Waals surface area (Å²) in [6.07, 6.45) is 2.59. The highest BCUT2D eigenvalue weighted by Crippen LogP contribution is 2.15. The van der Waals surface area contributed by atoms with Crippen molar-refractivity contribution in [1.29, 1.82) is 0 Å². The van der Waals surface area contributed by atoms with Crippen molar-refractivity contribution in [2.75, 3.05) is 0 Å². The van der Waals surface area contributed by atoms with Gasteiger partial charge >= 0.3 is 17.9 Å². The van der Waals surface area contributed by atoms with Crippen molar-refractivity contribution in [2.24, 2.45) is 0 Å². The first-order valence-corrected chi connectivity index (χ1v) is 4.87. The summed E-state index contributed by atoms with van der Waals surface area (Å²) in [4.78, 5) is 37.8. The van der Waals surface area contributed by atoms with E-state index in [4.69, 9.17) is 20.4 Å². The number of aliphatic carboxylic acids is 3. The van der Waals surface area contributed by atoms with E-state index in [1.165, 1.54) is 6.33 Å². The highest BCUT2D eigenvalue weighted by molar-refractivity contribution is 5.88. The highest BCUT2D eigenvalue weighted by atomic mass is 16.4. The third-order valence-electron chi connectivity index (χ3n) is 1.76. The molecule has 1 rings (SSSR count). The van der Waals surface area contributed by atoms with Gasteiger partial charge in [0.25, 0.3) is 0 Å². The smallest absolute Gasteiger partial charge is 0.336 e. The second-order valence-corrected chi connectivity index (χ2v) is 3.38. The van der Waals surface area contributed by atoms with Gasteiger partial charge in [0.05, 0.1) is 12.8 Å². The number of carboxylic acid groups (broad SMARTS) is 3. The van der Waals surface area contributed by atoms with Crippen LogP contribution >= 0.6 is 0 Å². The van der Waals surface area contributed by atoms with Crippen LogP contribution in [0.2, 0.25) is 0 Å². The Morgan fingerprint density at radius 3 is 1.53 bits per heavy atom. The van der Waals surface area contributed by atoms with E-state index >= 15 is 0 Å². The Labute approximate surface area is 107 Å². The predicted molar refractivity (Wildman–Crippen MR) is 59.1 cm³/mol. The lowest BCUT2D eigenvalue weighted by Gasteiger charge is -2.18. The van der Waals surface area contributed by atoms with Crippen LogP contribution in [0.15, 0.2) is 24.8 Å². The fourth-order valence-electron chi connectivity index (χ4n) is 0.967. The molecule has 0 atom stereocenters. The van der Waals surface area contributed by atoms with Gasteiger partial charge < -0.3 is 20.4 Å². The zero-order valence-corrected chi connectivity index (χ0v) is 9.63. The molecular weight excluding hydrogens is 260 g/mol. The van der Waals surface area contributed by atoms with Crippen LogP contribution in [0.3, 0.4) is 0 Å². The van der Waals surface area contributed by atoms with Crippen LogP contribution in [0.5, 0.6) is 0 Å². The maximum atomic E-state index is 10.3. The summed E-state index contributed by atoms with van der Waals surface area (Å²) in [7, 11) is 0. The van der Waals surface area contributed by atoms with Gasteiger partial charge in [-0.3, -0.25) is 9.59 Å². The second-order valence-electron chi connectivity index (χ2n) is 3.38. The summed E-state index contributed by atoms with van der Waals surface area (Å²) in [5.41, 5.74) is -2.74. The van der Waals surface area contributed by atoms with Crippen LogP contribution in [0.1, 0.15) is 12.8 Å². The van der Waals surface area contributed by atoms with Crippen LogP contribution in [0, 0.1) is 0 Å². The molecule has 0 aliphatic carbocycles. The van der Waals surface area contributed by atoms with Crippen LogP contribution in [-0.4, -0.2) is 53.9 Å². The Bertz CT molecular complexity index is 392. The lowest BCUT2D eigenvalue weighted by Crippen LogP contribution is -2.42.